The molecule has 0 fully saturated rings. The van der Waals surface area contributed by atoms with E-state index in [9.17, 15) is 49.6 Å². The Morgan fingerprint density at radius 2 is 0.986 bits per heavy atom. The van der Waals surface area contributed by atoms with Gasteiger partial charge in [0.1, 0.15) is 22.8 Å². The molecule has 4 aromatic heterocycles. The predicted octanol–water partition coefficient (Wildman–Crippen LogP) is 8.80. The molecule has 0 aliphatic rings. The molecule has 0 aliphatic carbocycles. The predicted molar refractivity (Wildman–Crippen MR) is 269 cm³/mol. The van der Waals surface area contributed by atoms with Crippen molar-refractivity contribution in [1.82, 2.24) is 29.5 Å². The topological polar surface area (TPSA) is 263 Å². The molecule has 0 aliphatic heterocycles. The summed E-state index contributed by atoms with van der Waals surface area (Å²) in [7, 11) is 0. The number of rotatable bonds is 16. The second kappa shape index (κ2) is 22.4. The van der Waals surface area contributed by atoms with Crippen LogP contribution >= 0.6 is 0 Å². The number of non-ortho nitro benzene ring substituents is 2. The van der Waals surface area contributed by atoms with E-state index in [-0.39, 0.29) is 76.5 Å². The molecule has 0 amide bonds. The molecule has 0 radical (unpaired) electrons. The molecule has 4 heterocycles. The molecule has 0 saturated carbocycles. The van der Waals surface area contributed by atoms with Crippen molar-refractivity contribution >= 4 is 57.1 Å². The van der Waals surface area contributed by atoms with Gasteiger partial charge in [0.25, 0.3) is 22.5 Å². The summed E-state index contributed by atoms with van der Waals surface area (Å²) in [5.74, 6) is -0.800. The fourth-order valence-corrected chi connectivity index (χ4v) is 7.85. The van der Waals surface area contributed by atoms with Gasteiger partial charge < -0.3 is 20.0 Å². The van der Waals surface area contributed by atoms with Crippen molar-refractivity contribution in [3.63, 3.8) is 0 Å². The summed E-state index contributed by atoms with van der Waals surface area (Å²) >= 11 is 0. The molecule has 0 unspecified atom stereocenters. The molecule has 20 nitrogen and oxygen atoms in total. The van der Waals surface area contributed by atoms with E-state index in [4.69, 9.17) is 0 Å². The van der Waals surface area contributed by atoms with Gasteiger partial charge >= 0.3 is 0 Å². The number of nitrogens with zero attached hydrogens (tertiary/aromatic N) is 10. The van der Waals surface area contributed by atoms with E-state index in [1.54, 1.807) is 97.0 Å². The van der Waals surface area contributed by atoms with E-state index < -0.39 is 26.7 Å². The first-order chi connectivity index (χ1) is 34.7. The summed E-state index contributed by atoms with van der Waals surface area (Å²) in [5.41, 5.74) is 3.28. The third-order valence-corrected chi connectivity index (χ3v) is 11.3. The Kier molecular flexibility index (Phi) is 15.7. The van der Waals surface area contributed by atoms with Gasteiger partial charge in [-0.15, -0.1) is 0 Å². The number of carbonyl (C=O) groups is 2. The molecule has 2 N–H and O–H groups in total. The molecule has 0 spiro atoms. The van der Waals surface area contributed by atoms with E-state index in [0.29, 0.717) is 45.9 Å². The van der Waals surface area contributed by atoms with Crippen LogP contribution in [0.5, 0.6) is 0 Å². The van der Waals surface area contributed by atoms with Gasteiger partial charge in [0.2, 0.25) is 0 Å². The number of aliphatic hydroxyl groups excluding tert-OH is 2. The second-order valence-electron chi connectivity index (χ2n) is 15.9. The molecule has 0 bridgehead atoms. The highest BCUT2D eigenvalue weighted by atomic mass is 16.6. The van der Waals surface area contributed by atoms with Gasteiger partial charge in [-0.1, -0.05) is 36.4 Å². The number of pyridine rings is 2. The Morgan fingerprint density at radius 1 is 0.556 bits per heavy atom. The molecule has 8 aromatic rings. The number of aromatic nitrogens is 6. The lowest BCUT2D eigenvalue weighted by Crippen LogP contribution is -2.31. The molecule has 364 valence electrons. The quantitative estimate of drug-likeness (QED) is 0.0520. The Bertz CT molecular complexity index is 3320. The average Bonchev–Trinajstić information content (AvgIpc) is 3.40. The summed E-state index contributed by atoms with van der Waals surface area (Å²) < 4.78 is 2.50. The highest BCUT2D eigenvalue weighted by Crippen LogP contribution is 2.41. The van der Waals surface area contributed by atoms with Crippen LogP contribution in [0.4, 0.5) is 45.5 Å². The van der Waals surface area contributed by atoms with Crippen LogP contribution in [0.1, 0.15) is 59.5 Å². The molecular formula is C52H46N10O10. The van der Waals surface area contributed by atoms with Crippen molar-refractivity contribution in [2.75, 3.05) is 9.80 Å². The molecule has 4 aromatic carbocycles. The first-order valence-electron chi connectivity index (χ1n) is 22.3. The number of aryl methyl sites for hydroxylation is 2. The molecule has 72 heavy (non-hydrogen) atoms. The zero-order valence-corrected chi connectivity index (χ0v) is 39.3. The molecular weight excluding hydrogens is 925 g/mol. The van der Waals surface area contributed by atoms with Gasteiger partial charge in [0, 0.05) is 84.6 Å². The third-order valence-electron chi connectivity index (χ3n) is 11.3. The first-order valence-corrected chi connectivity index (χ1v) is 22.3. The average molecular weight is 971 g/mol. The monoisotopic (exact) mass is 970 g/mol. The maximum Gasteiger partial charge on any atom is 0.291 e. The maximum atomic E-state index is 13.8. The Hall–Kier alpha value is -9.40. The molecule has 0 saturated heterocycles. The van der Waals surface area contributed by atoms with Crippen molar-refractivity contribution in [3.05, 3.63) is 209 Å². The van der Waals surface area contributed by atoms with Crippen LogP contribution in [0.15, 0.2) is 156 Å². The van der Waals surface area contributed by atoms with Crippen LogP contribution < -0.4 is 20.9 Å². The highest BCUT2D eigenvalue weighted by molar-refractivity contribution is 6.07. The zero-order chi connectivity index (χ0) is 51.6. The zero-order valence-electron chi connectivity index (χ0n) is 39.3. The van der Waals surface area contributed by atoms with Crippen molar-refractivity contribution in [2.45, 2.75) is 54.0 Å². The van der Waals surface area contributed by atoms with Gasteiger partial charge in [-0.05, 0) is 99.5 Å². The number of Topliss-reactive ketones (excluding diaryl/α,β-unsaturated/α-hetero) is 2. The van der Waals surface area contributed by atoms with Gasteiger partial charge in [0.05, 0.1) is 45.6 Å². The van der Waals surface area contributed by atoms with Crippen LogP contribution in [-0.2, 0) is 26.3 Å². The number of hydrogen-bond acceptors (Lipinski definition) is 16. The number of benzene rings is 4. The van der Waals surface area contributed by atoms with Gasteiger partial charge in [-0.25, -0.2) is 9.36 Å². The number of ketones is 2. The van der Waals surface area contributed by atoms with Crippen molar-refractivity contribution in [2.24, 2.45) is 0 Å². The fraction of sp³-hybridized carbons (Fsp3) is 0.154. The van der Waals surface area contributed by atoms with Crippen molar-refractivity contribution < 1.29 is 29.6 Å². The smallest absolute Gasteiger partial charge is 0.291 e. The summed E-state index contributed by atoms with van der Waals surface area (Å²) in [4.78, 5) is 86.7. The van der Waals surface area contributed by atoms with Crippen molar-refractivity contribution in [1.29, 1.82) is 0 Å². The number of nitro groups is 2. The highest BCUT2D eigenvalue weighted by Gasteiger charge is 2.31. The van der Waals surface area contributed by atoms with E-state index in [2.05, 4.69) is 20.2 Å². The van der Waals surface area contributed by atoms with E-state index in [1.807, 2.05) is 6.92 Å². The van der Waals surface area contributed by atoms with E-state index in [1.165, 1.54) is 89.0 Å². The standard InChI is InChI=1S/C27H26N4O4.C25H20N6O6/c1-3-30-27(35)26(24(18(2)34)25(29-30)21-5-4-14-28-15-21)31(22-10-6-19(16-32)7-11-22)23-12-8-20(17-33)9-13-23;1-3-28-25(33)24(22(16(2)32)23(27-28)17-10-12-26-13-11-17)29(18-6-4-8-20(14-18)30(34)35)19-7-5-9-21(15-19)31(36)37/h4-15,32-33H,3,16-17H2,1-2H3;4-15H,3H2,1-2H3. The van der Waals surface area contributed by atoms with Crippen LogP contribution in [0, 0.1) is 20.2 Å². The lowest BCUT2D eigenvalue weighted by Gasteiger charge is -2.28. The summed E-state index contributed by atoms with van der Waals surface area (Å²) in [6, 6.07) is 31.9. The molecule has 20 heteroatoms. The summed E-state index contributed by atoms with van der Waals surface area (Å²) in [5, 5.41) is 51.0. The van der Waals surface area contributed by atoms with Gasteiger partial charge in [-0.3, -0.25) is 49.4 Å². The summed E-state index contributed by atoms with van der Waals surface area (Å²) in [6.07, 6.45) is 6.27. The van der Waals surface area contributed by atoms with Crippen LogP contribution in [-0.4, -0.2) is 61.2 Å². The number of anilines is 6. The van der Waals surface area contributed by atoms with Crippen LogP contribution in [0.25, 0.3) is 22.5 Å². The summed E-state index contributed by atoms with van der Waals surface area (Å²) in [6.45, 7) is 6.43. The minimum absolute atomic E-state index is 0.0427. The van der Waals surface area contributed by atoms with Crippen molar-refractivity contribution in [3.8, 4) is 22.5 Å². The molecule has 8 rings (SSSR count). The maximum absolute atomic E-state index is 13.8. The normalized spacial score (nSPS) is 10.8. The third kappa shape index (κ3) is 10.6. The molecule has 0 atom stereocenters. The van der Waals surface area contributed by atoms with E-state index >= 15 is 0 Å². The van der Waals surface area contributed by atoms with Crippen LogP contribution in [0.3, 0.4) is 0 Å². The number of carbonyl (C=O) groups excluding carboxylic acids is 2. The van der Waals surface area contributed by atoms with Crippen LogP contribution in [0.2, 0.25) is 0 Å². The van der Waals surface area contributed by atoms with Gasteiger partial charge in [-0.2, -0.15) is 10.2 Å². The first kappa shape index (κ1) is 50.5. The number of aliphatic hydroxyl groups is 2. The van der Waals surface area contributed by atoms with Gasteiger partial charge in [0.15, 0.2) is 11.6 Å². The lowest BCUT2D eigenvalue weighted by atomic mass is 10.0. The largest absolute Gasteiger partial charge is 0.392 e. The number of nitro benzene ring substituents is 2. The SMILES string of the molecule is CCn1nc(-c2cccnc2)c(C(C)=O)c(N(c2ccc(CO)cc2)c2ccc(CO)cc2)c1=O.CCn1nc(-c2ccncc2)c(C(C)=O)c(N(c2cccc([N+](=O)[O-])c2)c2cccc([N+](=O)[O-])c2)c1=O. The fourth-order valence-electron chi connectivity index (χ4n) is 7.85. The minimum atomic E-state index is -0.650. The lowest BCUT2D eigenvalue weighted by molar-refractivity contribution is -0.384. The Labute approximate surface area is 410 Å². The van der Waals surface area contributed by atoms with E-state index in [0.717, 1.165) is 0 Å². The number of hydrogen-bond donors (Lipinski definition) is 2. The Balaban J connectivity index is 0.000000212. The second-order valence-corrected chi connectivity index (χ2v) is 15.9. The minimum Gasteiger partial charge on any atom is -0.392 e. The Morgan fingerprint density at radius 3 is 1.36 bits per heavy atom.